The monoisotopic (exact) mass is 183 g/mol. The number of hydrogen-bond donors (Lipinski definition) is 1. The molecule has 1 aromatic rings. The van der Waals surface area contributed by atoms with Gasteiger partial charge in [-0.3, -0.25) is 4.68 Å². The first-order valence-electron chi connectivity index (χ1n) is 3.99. The van der Waals surface area contributed by atoms with Crippen LogP contribution in [0.2, 0.25) is 0 Å². The molecular formula is C8H13N3S. The molecule has 3 nitrogen and oxygen atoms in total. The van der Waals surface area contributed by atoms with Crippen LogP contribution in [0.4, 0.5) is 0 Å². The summed E-state index contributed by atoms with van der Waals surface area (Å²) in [5.41, 5.74) is 7.28. The summed E-state index contributed by atoms with van der Waals surface area (Å²) in [7, 11) is 0. The third kappa shape index (κ3) is 1.82. The highest BCUT2D eigenvalue weighted by Gasteiger charge is 2.04. The molecule has 0 saturated heterocycles. The fourth-order valence-corrected chi connectivity index (χ4v) is 1.17. The number of nitrogens with zero attached hydrogens (tertiary/aromatic N) is 2. The van der Waals surface area contributed by atoms with E-state index >= 15 is 0 Å². The molecule has 0 radical (unpaired) electrons. The lowest BCUT2D eigenvalue weighted by Crippen LogP contribution is -2.11. The van der Waals surface area contributed by atoms with Crippen molar-refractivity contribution in [3.8, 4) is 0 Å². The third-order valence-corrected chi connectivity index (χ3v) is 1.88. The minimum absolute atomic E-state index is 0.368. The second-order valence-electron chi connectivity index (χ2n) is 2.76. The molecule has 0 amide bonds. The van der Waals surface area contributed by atoms with Gasteiger partial charge in [0.2, 0.25) is 0 Å². The zero-order chi connectivity index (χ0) is 9.14. The molecule has 66 valence electrons. The zero-order valence-electron chi connectivity index (χ0n) is 7.37. The Morgan fingerprint density at radius 1 is 1.75 bits per heavy atom. The maximum absolute atomic E-state index is 5.45. The molecule has 0 bridgehead atoms. The quantitative estimate of drug-likeness (QED) is 0.717. The van der Waals surface area contributed by atoms with Crippen LogP contribution in [0.3, 0.4) is 0 Å². The zero-order valence-corrected chi connectivity index (χ0v) is 8.19. The Morgan fingerprint density at radius 3 is 2.83 bits per heavy atom. The van der Waals surface area contributed by atoms with Gasteiger partial charge in [0, 0.05) is 12.2 Å². The highest BCUT2D eigenvalue weighted by Crippen LogP contribution is 2.03. The lowest BCUT2D eigenvalue weighted by Gasteiger charge is -1.99. The molecular weight excluding hydrogens is 170 g/mol. The summed E-state index contributed by atoms with van der Waals surface area (Å²) in [6, 6.07) is 1.91. The van der Waals surface area contributed by atoms with Gasteiger partial charge in [-0.25, -0.2) is 0 Å². The molecule has 0 aliphatic carbocycles. The van der Waals surface area contributed by atoms with Crippen molar-refractivity contribution in [1.29, 1.82) is 0 Å². The van der Waals surface area contributed by atoms with Gasteiger partial charge in [0.1, 0.15) is 10.7 Å². The van der Waals surface area contributed by atoms with Gasteiger partial charge in [0.05, 0.1) is 0 Å². The number of aryl methyl sites for hydroxylation is 2. The molecule has 0 unspecified atom stereocenters. The molecule has 0 atom stereocenters. The Morgan fingerprint density at radius 2 is 2.42 bits per heavy atom. The smallest absolute Gasteiger partial charge is 0.124 e. The molecule has 4 heteroatoms. The van der Waals surface area contributed by atoms with Crippen LogP contribution in [0.15, 0.2) is 6.07 Å². The molecule has 1 heterocycles. The van der Waals surface area contributed by atoms with Crippen LogP contribution in [-0.4, -0.2) is 14.8 Å². The van der Waals surface area contributed by atoms with Crippen LogP contribution in [0.1, 0.15) is 24.7 Å². The first-order valence-corrected chi connectivity index (χ1v) is 4.40. The third-order valence-electron chi connectivity index (χ3n) is 1.67. The summed E-state index contributed by atoms with van der Waals surface area (Å²) < 4.78 is 1.93. The van der Waals surface area contributed by atoms with E-state index in [0.717, 1.165) is 24.4 Å². The number of rotatable bonds is 3. The van der Waals surface area contributed by atoms with Gasteiger partial charge in [-0.2, -0.15) is 5.10 Å². The van der Waals surface area contributed by atoms with Crippen LogP contribution in [0.5, 0.6) is 0 Å². The number of hydrogen-bond acceptors (Lipinski definition) is 2. The van der Waals surface area contributed by atoms with E-state index in [4.69, 9.17) is 18.0 Å². The van der Waals surface area contributed by atoms with E-state index in [1.165, 1.54) is 0 Å². The molecule has 0 saturated carbocycles. The van der Waals surface area contributed by atoms with Gasteiger partial charge in [-0.15, -0.1) is 0 Å². The lowest BCUT2D eigenvalue weighted by atomic mass is 10.4. The Balaban J connectivity index is 2.92. The van der Waals surface area contributed by atoms with Gasteiger partial charge in [0.15, 0.2) is 0 Å². The highest BCUT2D eigenvalue weighted by molar-refractivity contribution is 7.80. The average molecular weight is 183 g/mol. The maximum Gasteiger partial charge on any atom is 0.124 e. The molecule has 0 aliphatic rings. The highest BCUT2D eigenvalue weighted by atomic mass is 32.1. The first-order chi connectivity index (χ1) is 5.65. The summed E-state index contributed by atoms with van der Waals surface area (Å²) in [6.07, 6.45) is 1.07. The minimum Gasteiger partial charge on any atom is -0.388 e. The Kier molecular flexibility index (Phi) is 2.81. The van der Waals surface area contributed by atoms with Crippen LogP contribution >= 0.6 is 12.2 Å². The largest absolute Gasteiger partial charge is 0.388 e. The van der Waals surface area contributed by atoms with E-state index in [-0.39, 0.29) is 0 Å². The number of thiocarbonyl (C=S) groups is 1. The number of nitrogens with two attached hydrogens (primary N) is 1. The van der Waals surface area contributed by atoms with Gasteiger partial charge < -0.3 is 5.73 Å². The predicted octanol–water partition coefficient (Wildman–Crippen LogP) is 1.24. The van der Waals surface area contributed by atoms with Crippen molar-refractivity contribution in [3.05, 3.63) is 17.5 Å². The Hall–Kier alpha value is -0.900. The minimum atomic E-state index is 0.368. The van der Waals surface area contributed by atoms with E-state index < -0.39 is 0 Å². The second kappa shape index (κ2) is 3.67. The van der Waals surface area contributed by atoms with Crippen LogP contribution in [0, 0.1) is 6.92 Å². The van der Waals surface area contributed by atoms with E-state index in [1.807, 2.05) is 17.7 Å². The molecule has 0 aliphatic heterocycles. The SMILES string of the molecule is CCCn1nc(C(N)=S)cc1C. The fraction of sp³-hybridized carbons (Fsp3) is 0.500. The summed E-state index contributed by atoms with van der Waals surface area (Å²) in [6.45, 7) is 5.04. The van der Waals surface area contributed by atoms with Gasteiger partial charge in [0.25, 0.3) is 0 Å². The van der Waals surface area contributed by atoms with E-state index in [1.54, 1.807) is 0 Å². The average Bonchev–Trinajstić information content (AvgIpc) is 2.34. The Labute approximate surface area is 77.6 Å². The second-order valence-corrected chi connectivity index (χ2v) is 3.20. The van der Waals surface area contributed by atoms with Crippen molar-refractivity contribution in [2.75, 3.05) is 0 Å². The fourth-order valence-electron chi connectivity index (χ4n) is 1.07. The predicted molar refractivity (Wildman–Crippen MR) is 53.1 cm³/mol. The molecule has 1 rings (SSSR count). The van der Waals surface area contributed by atoms with Crippen molar-refractivity contribution >= 4 is 17.2 Å². The van der Waals surface area contributed by atoms with Gasteiger partial charge in [-0.1, -0.05) is 19.1 Å². The maximum atomic E-state index is 5.45. The van der Waals surface area contributed by atoms with Crippen molar-refractivity contribution in [1.82, 2.24) is 9.78 Å². The normalized spacial score (nSPS) is 10.2. The summed E-state index contributed by atoms with van der Waals surface area (Å²) in [5.74, 6) is 0. The topological polar surface area (TPSA) is 43.8 Å². The van der Waals surface area contributed by atoms with Crippen molar-refractivity contribution in [3.63, 3.8) is 0 Å². The van der Waals surface area contributed by atoms with Crippen LogP contribution < -0.4 is 5.73 Å². The molecule has 0 spiro atoms. The molecule has 2 N–H and O–H groups in total. The van der Waals surface area contributed by atoms with Crippen molar-refractivity contribution < 1.29 is 0 Å². The first kappa shape index (κ1) is 9.19. The van der Waals surface area contributed by atoms with Gasteiger partial charge in [-0.05, 0) is 19.4 Å². The van der Waals surface area contributed by atoms with E-state index in [9.17, 15) is 0 Å². The lowest BCUT2D eigenvalue weighted by molar-refractivity contribution is 0.586. The van der Waals surface area contributed by atoms with Crippen LogP contribution in [-0.2, 0) is 6.54 Å². The standard InChI is InChI=1S/C8H13N3S/c1-3-4-11-6(2)5-7(10-11)8(9)12/h5H,3-4H2,1-2H3,(H2,9,12). The van der Waals surface area contributed by atoms with E-state index in [0.29, 0.717) is 4.99 Å². The summed E-state index contributed by atoms with van der Waals surface area (Å²) in [5, 5.41) is 4.25. The van der Waals surface area contributed by atoms with E-state index in [2.05, 4.69) is 12.0 Å². The molecule has 12 heavy (non-hydrogen) atoms. The molecule has 0 aromatic carbocycles. The van der Waals surface area contributed by atoms with Gasteiger partial charge >= 0.3 is 0 Å². The molecule has 1 aromatic heterocycles. The molecule has 0 fully saturated rings. The van der Waals surface area contributed by atoms with Crippen LogP contribution in [0.25, 0.3) is 0 Å². The summed E-state index contributed by atoms with van der Waals surface area (Å²) in [4.78, 5) is 0.368. The van der Waals surface area contributed by atoms with Crippen molar-refractivity contribution in [2.24, 2.45) is 5.73 Å². The number of aromatic nitrogens is 2. The summed E-state index contributed by atoms with van der Waals surface area (Å²) >= 11 is 4.82. The Bertz CT molecular complexity index is 290. The van der Waals surface area contributed by atoms with Crippen molar-refractivity contribution in [2.45, 2.75) is 26.8 Å².